The van der Waals surface area contributed by atoms with E-state index in [-0.39, 0.29) is 0 Å². The molecule has 0 saturated heterocycles. The minimum atomic E-state index is 0.734. The van der Waals surface area contributed by atoms with Crippen molar-refractivity contribution >= 4 is 21.6 Å². The number of hydrogen-bond acceptors (Lipinski definition) is 2. The van der Waals surface area contributed by atoms with E-state index in [1.54, 1.807) is 0 Å². The van der Waals surface area contributed by atoms with Gasteiger partial charge in [0.1, 0.15) is 11.5 Å². The highest BCUT2D eigenvalue weighted by Gasteiger charge is 2.00. The van der Waals surface area contributed by atoms with Crippen LogP contribution >= 0.6 is 15.9 Å². The molecule has 0 heterocycles. The molecule has 0 atom stereocenters. The number of aryl methyl sites for hydroxylation is 1. The van der Waals surface area contributed by atoms with Gasteiger partial charge in [-0.3, -0.25) is 0 Å². The summed E-state index contributed by atoms with van der Waals surface area (Å²) >= 11 is 3.47. The monoisotopic (exact) mass is 277 g/mol. The first kappa shape index (κ1) is 11.0. The first-order valence-corrected chi connectivity index (χ1v) is 5.74. The Kier molecular flexibility index (Phi) is 3.15. The number of anilines is 1. The van der Waals surface area contributed by atoms with Crippen LogP contribution in [-0.4, -0.2) is 0 Å². The molecule has 0 aliphatic rings. The molecular weight excluding hydrogens is 266 g/mol. The van der Waals surface area contributed by atoms with E-state index in [2.05, 4.69) is 15.9 Å². The predicted molar refractivity (Wildman–Crippen MR) is 69.8 cm³/mol. The van der Waals surface area contributed by atoms with Crippen molar-refractivity contribution in [1.29, 1.82) is 0 Å². The van der Waals surface area contributed by atoms with Crippen molar-refractivity contribution in [3.8, 4) is 11.5 Å². The molecule has 0 spiro atoms. The Morgan fingerprint density at radius 3 is 2.25 bits per heavy atom. The van der Waals surface area contributed by atoms with E-state index in [1.807, 2.05) is 49.4 Å². The zero-order valence-electron chi connectivity index (χ0n) is 8.91. The van der Waals surface area contributed by atoms with Crippen LogP contribution in [0.4, 0.5) is 5.69 Å². The largest absolute Gasteiger partial charge is 0.457 e. The number of hydrogen-bond donors (Lipinski definition) is 1. The van der Waals surface area contributed by atoms with Crippen LogP contribution in [0.1, 0.15) is 5.56 Å². The molecule has 2 aromatic carbocycles. The molecule has 0 aliphatic heterocycles. The average Bonchev–Trinajstić information content (AvgIpc) is 2.27. The molecule has 0 bridgehead atoms. The van der Waals surface area contributed by atoms with Gasteiger partial charge in [-0.2, -0.15) is 0 Å². The molecule has 2 aromatic rings. The van der Waals surface area contributed by atoms with Crippen LogP contribution in [0, 0.1) is 6.92 Å². The van der Waals surface area contributed by atoms with Crippen LogP contribution in [0.2, 0.25) is 0 Å². The fourth-order valence-electron chi connectivity index (χ4n) is 1.31. The molecule has 2 N–H and O–H groups in total. The maximum atomic E-state index is 5.68. The second kappa shape index (κ2) is 4.58. The van der Waals surface area contributed by atoms with Gasteiger partial charge < -0.3 is 10.5 Å². The first-order valence-electron chi connectivity index (χ1n) is 4.95. The van der Waals surface area contributed by atoms with E-state index in [0.29, 0.717) is 0 Å². The van der Waals surface area contributed by atoms with Crippen LogP contribution in [-0.2, 0) is 0 Å². The smallest absolute Gasteiger partial charge is 0.128 e. The highest BCUT2D eigenvalue weighted by molar-refractivity contribution is 9.10. The Hall–Kier alpha value is -1.48. The molecule has 0 aromatic heterocycles. The van der Waals surface area contributed by atoms with Crippen molar-refractivity contribution in [2.24, 2.45) is 0 Å². The third-order valence-corrected chi connectivity index (χ3v) is 3.11. The van der Waals surface area contributed by atoms with Gasteiger partial charge in [-0.25, -0.2) is 0 Å². The van der Waals surface area contributed by atoms with Gasteiger partial charge in [-0.05, 0) is 48.9 Å². The number of rotatable bonds is 2. The predicted octanol–water partition coefficient (Wildman–Crippen LogP) is 4.13. The van der Waals surface area contributed by atoms with E-state index in [9.17, 15) is 0 Å². The zero-order valence-corrected chi connectivity index (χ0v) is 10.5. The summed E-state index contributed by atoms with van der Waals surface area (Å²) in [7, 11) is 0. The Labute approximate surface area is 103 Å². The molecule has 3 heteroatoms. The maximum Gasteiger partial charge on any atom is 0.128 e. The first-order chi connectivity index (χ1) is 7.65. The van der Waals surface area contributed by atoms with E-state index in [0.717, 1.165) is 21.7 Å². The molecule has 0 saturated carbocycles. The number of nitrogens with two attached hydrogens (primary N) is 1. The second-order valence-corrected chi connectivity index (χ2v) is 4.44. The minimum Gasteiger partial charge on any atom is -0.457 e. The second-order valence-electron chi connectivity index (χ2n) is 3.58. The van der Waals surface area contributed by atoms with Crippen LogP contribution < -0.4 is 10.5 Å². The number of benzene rings is 2. The molecule has 0 fully saturated rings. The van der Waals surface area contributed by atoms with Crippen LogP contribution in [0.3, 0.4) is 0 Å². The van der Waals surface area contributed by atoms with Crippen molar-refractivity contribution < 1.29 is 4.74 Å². The van der Waals surface area contributed by atoms with Gasteiger partial charge in [0, 0.05) is 10.2 Å². The molecule has 0 amide bonds. The molecule has 0 unspecified atom stereocenters. The summed E-state index contributed by atoms with van der Waals surface area (Å²) in [5, 5.41) is 0. The Morgan fingerprint density at radius 1 is 1.00 bits per heavy atom. The number of ether oxygens (including phenoxy) is 1. The van der Waals surface area contributed by atoms with Gasteiger partial charge in [-0.15, -0.1) is 0 Å². The van der Waals surface area contributed by atoms with Crippen molar-refractivity contribution in [2.75, 3.05) is 5.73 Å². The van der Waals surface area contributed by atoms with Crippen LogP contribution in [0.15, 0.2) is 46.9 Å². The number of halogens is 1. The van der Waals surface area contributed by atoms with E-state index >= 15 is 0 Å². The summed E-state index contributed by atoms with van der Waals surface area (Å²) < 4.78 is 6.73. The topological polar surface area (TPSA) is 35.2 Å². The zero-order chi connectivity index (χ0) is 11.5. The Bertz CT molecular complexity index is 494. The molecule has 2 nitrogen and oxygen atoms in total. The summed E-state index contributed by atoms with van der Waals surface area (Å²) in [4.78, 5) is 0. The molecule has 82 valence electrons. The van der Waals surface area contributed by atoms with Crippen molar-refractivity contribution in [3.63, 3.8) is 0 Å². The third kappa shape index (κ3) is 2.55. The lowest BCUT2D eigenvalue weighted by atomic mass is 10.2. The van der Waals surface area contributed by atoms with Gasteiger partial charge in [-0.1, -0.05) is 22.0 Å². The molecular formula is C13H12BrNO. The van der Waals surface area contributed by atoms with E-state index in [4.69, 9.17) is 10.5 Å². The lowest BCUT2D eigenvalue weighted by Crippen LogP contribution is -1.87. The highest BCUT2D eigenvalue weighted by Crippen LogP contribution is 2.26. The van der Waals surface area contributed by atoms with Crippen LogP contribution in [0.25, 0.3) is 0 Å². The van der Waals surface area contributed by atoms with Crippen molar-refractivity contribution in [1.82, 2.24) is 0 Å². The van der Waals surface area contributed by atoms with Gasteiger partial charge in [0.25, 0.3) is 0 Å². The summed E-state index contributed by atoms with van der Waals surface area (Å²) in [6.45, 7) is 2.04. The summed E-state index contributed by atoms with van der Waals surface area (Å²) in [6, 6.07) is 13.2. The van der Waals surface area contributed by atoms with Crippen LogP contribution in [0.5, 0.6) is 11.5 Å². The van der Waals surface area contributed by atoms with Crippen molar-refractivity contribution in [2.45, 2.75) is 6.92 Å². The molecule has 16 heavy (non-hydrogen) atoms. The lowest BCUT2D eigenvalue weighted by Gasteiger charge is -2.07. The lowest BCUT2D eigenvalue weighted by molar-refractivity contribution is 0.482. The SMILES string of the molecule is Cc1ccc(Oc2ccc(N)cc2)cc1Br. The van der Waals surface area contributed by atoms with E-state index < -0.39 is 0 Å². The van der Waals surface area contributed by atoms with Crippen molar-refractivity contribution in [3.05, 3.63) is 52.5 Å². The molecule has 2 rings (SSSR count). The third-order valence-electron chi connectivity index (χ3n) is 2.26. The fourth-order valence-corrected chi connectivity index (χ4v) is 1.67. The average molecular weight is 278 g/mol. The summed E-state index contributed by atoms with van der Waals surface area (Å²) in [5.74, 6) is 1.59. The highest BCUT2D eigenvalue weighted by atomic mass is 79.9. The quantitative estimate of drug-likeness (QED) is 0.838. The molecule has 0 aliphatic carbocycles. The van der Waals surface area contributed by atoms with E-state index in [1.165, 1.54) is 5.56 Å². The standard InChI is InChI=1S/C13H12BrNO/c1-9-2-5-12(8-13(9)14)16-11-6-3-10(15)4-7-11/h2-8H,15H2,1H3. The number of nitrogen functional groups attached to an aromatic ring is 1. The Balaban J connectivity index is 2.20. The fraction of sp³-hybridized carbons (Fsp3) is 0.0769. The normalized spacial score (nSPS) is 10.1. The Morgan fingerprint density at radius 2 is 1.62 bits per heavy atom. The van der Waals surface area contributed by atoms with Gasteiger partial charge >= 0.3 is 0 Å². The maximum absolute atomic E-state index is 5.68. The van der Waals surface area contributed by atoms with Gasteiger partial charge in [0.15, 0.2) is 0 Å². The minimum absolute atomic E-state index is 0.734. The molecule has 0 radical (unpaired) electrons. The summed E-state index contributed by atoms with van der Waals surface area (Å²) in [6.07, 6.45) is 0. The van der Waals surface area contributed by atoms with Gasteiger partial charge in [0.05, 0.1) is 0 Å². The van der Waals surface area contributed by atoms with Gasteiger partial charge in [0.2, 0.25) is 0 Å². The summed E-state index contributed by atoms with van der Waals surface area (Å²) in [5.41, 5.74) is 7.52.